The molecule has 0 spiro atoms. The van der Waals surface area contributed by atoms with Gasteiger partial charge in [-0.3, -0.25) is 4.79 Å². The number of hydrogen-bond acceptors (Lipinski definition) is 3. The fraction of sp³-hybridized carbons (Fsp3) is 0.500. The Labute approximate surface area is 108 Å². The Bertz CT molecular complexity index is 416. The topological polar surface area (TPSA) is 50.4 Å². The van der Waals surface area contributed by atoms with Crippen molar-refractivity contribution in [1.29, 1.82) is 0 Å². The number of carbonyl (C=O) groups is 1. The Hall–Kier alpha value is -1.55. The van der Waals surface area contributed by atoms with E-state index in [0.717, 1.165) is 24.4 Å². The third-order valence-electron chi connectivity index (χ3n) is 3.58. The molecule has 2 N–H and O–H groups in total. The average Bonchev–Trinajstić information content (AvgIpc) is 2.34. The standard InChI is InChI=1S/C14H20N2O2/c1-10(12-7-15-8-12)14(17)16-9-11-5-3-4-6-13(11)18-2/h3-6,10,12,15H,7-9H2,1-2H3,(H,16,17). The van der Waals surface area contributed by atoms with E-state index >= 15 is 0 Å². The van der Waals surface area contributed by atoms with Crippen LogP contribution in [0, 0.1) is 11.8 Å². The molecule has 18 heavy (non-hydrogen) atoms. The number of nitrogens with one attached hydrogen (secondary N) is 2. The minimum absolute atomic E-state index is 0.0703. The molecule has 0 radical (unpaired) electrons. The van der Waals surface area contributed by atoms with Crippen LogP contribution in [0.1, 0.15) is 12.5 Å². The number of methoxy groups -OCH3 is 1. The van der Waals surface area contributed by atoms with E-state index in [1.165, 1.54) is 0 Å². The van der Waals surface area contributed by atoms with Crippen molar-refractivity contribution in [3.05, 3.63) is 29.8 Å². The first kappa shape index (κ1) is 12.9. The maximum Gasteiger partial charge on any atom is 0.223 e. The van der Waals surface area contributed by atoms with Crippen molar-refractivity contribution in [1.82, 2.24) is 10.6 Å². The first-order valence-electron chi connectivity index (χ1n) is 6.32. The molecular weight excluding hydrogens is 228 g/mol. The van der Waals surface area contributed by atoms with Crippen LogP contribution in [-0.2, 0) is 11.3 Å². The van der Waals surface area contributed by atoms with Crippen molar-refractivity contribution in [2.45, 2.75) is 13.5 Å². The van der Waals surface area contributed by atoms with Crippen molar-refractivity contribution in [3.8, 4) is 5.75 Å². The summed E-state index contributed by atoms with van der Waals surface area (Å²) >= 11 is 0. The monoisotopic (exact) mass is 248 g/mol. The SMILES string of the molecule is COc1ccccc1CNC(=O)C(C)C1CNC1. The molecule has 1 aromatic rings. The van der Waals surface area contributed by atoms with Crippen LogP contribution >= 0.6 is 0 Å². The predicted octanol–water partition coefficient (Wildman–Crippen LogP) is 1.17. The first-order chi connectivity index (χ1) is 8.72. The van der Waals surface area contributed by atoms with Crippen LogP contribution in [-0.4, -0.2) is 26.1 Å². The molecule has 1 fully saturated rings. The Morgan fingerprint density at radius 1 is 1.50 bits per heavy atom. The molecule has 0 saturated carbocycles. The number of ether oxygens (including phenoxy) is 1. The molecule has 1 aliphatic heterocycles. The highest BCUT2D eigenvalue weighted by Gasteiger charge is 2.28. The smallest absolute Gasteiger partial charge is 0.223 e. The van der Waals surface area contributed by atoms with E-state index in [-0.39, 0.29) is 11.8 Å². The van der Waals surface area contributed by atoms with Crippen molar-refractivity contribution < 1.29 is 9.53 Å². The lowest BCUT2D eigenvalue weighted by Gasteiger charge is -2.31. The quantitative estimate of drug-likeness (QED) is 0.822. The molecule has 0 aliphatic carbocycles. The van der Waals surface area contributed by atoms with Gasteiger partial charge in [0, 0.05) is 18.0 Å². The van der Waals surface area contributed by atoms with E-state index in [4.69, 9.17) is 4.74 Å². The third-order valence-corrected chi connectivity index (χ3v) is 3.58. The number of rotatable bonds is 5. The zero-order valence-corrected chi connectivity index (χ0v) is 10.9. The fourth-order valence-electron chi connectivity index (χ4n) is 2.07. The Morgan fingerprint density at radius 2 is 2.22 bits per heavy atom. The summed E-state index contributed by atoms with van der Waals surface area (Å²) in [6.07, 6.45) is 0. The van der Waals surface area contributed by atoms with Crippen LogP contribution in [0.15, 0.2) is 24.3 Å². The second kappa shape index (κ2) is 5.87. The summed E-state index contributed by atoms with van der Waals surface area (Å²) < 4.78 is 5.26. The van der Waals surface area contributed by atoms with Crippen LogP contribution in [0.2, 0.25) is 0 Å². The van der Waals surface area contributed by atoms with E-state index < -0.39 is 0 Å². The van der Waals surface area contributed by atoms with E-state index in [0.29, 0.717) is 12.5 Å². The lowest BCUT2D eigenvalue weighted by molar-refractivity contribution is -0.126. The minimum atomic E-state index is 0.0703. The van der Waals surface area contributed by atoms with Crippen LogP contribution < -0.4 is 15.4 Å². The lowest BCUT2D eigenvalue weighted by Crippen LogP contribution is -2.49. The van der Waals surface area contributed by atoms with E-state index in [2.05, 4.69) is 10.6 Å². The second-order valence-corrected chi connectivity index (χ2v) is 4.74. The summed E-state index contributed by atoms with van der Waals surface area (Å²) in [5.74, 6) is 1.48. The van der Waals surface area contributed by atoms with Crippen LogP contribution in [0.25, 0.3) is 0 Å². The minimum Gasteiger partial charge on any atom is -0.496 e. The highest BCUT2D eigenvalue weighted by molar-refractivity contribution is 5.78. The molecule has 0 bridgehead atoms. The van der Waals surface area contributed by atoms with Gasteiger partial charge in [0.15, 0.2) is 0 Å². The van der Waals surface area contributed by atoms with Crippen LogP contribution in [0.4, 0.5) is 0 Å². The number of hydrogen-bond donors (Lipinski definition) is 2. The molecule has 0 aromatic heterocycles. The number of amides is 1. The molecule has 1 unspecified atom stereocenters. The second-order valence-electron chi connectivity index (χ2n) is 4.74. The van der Waals surface area contributed by atoms with Crippen molar-refractivity contribution >= 4 is 5.91 Å². The molecular formula is C14H20N2O2. The van der Waals surface area contributed by atoms with Crippen molar-refractivity contribution in [2.24, 2.45) is 11.8 Å². The summed E-state index contributed by atoms with van der Waals surface area (Å²) in [7, 11) is 1.64. The summed E-state index contributed by atoms with van der Waals surface area (Å²) in [5, 5.41) is 6.16. The summed E-state index contributed by atoms with van der Waals surface area (Å²) in [6.45, 7) is 4.41. The van der Waals surface area contributed by atoms with Gasteiger partial charge in [-0.2, -0.15) is 0 Å². The average molecular weight is 248 g/mol. The molecule has 1 amide bonds. The predicted molar refractivity (Wildman–Crippen MR) is 70.4 cm³/mol. The number of para-hydroxylation sites is 1. The Balaban J connectivity index is 1.88. The van der Waals surface area contributed by atoms with Gasteiger partial charge in [0.25, 0.3) is 0 Å². The van der Waals surface area contributed by atoms with Crippen LogP contribution in [0.5, 0.6) is 5.75 Å². The van der Waals surface area contributed by atoms with Gasteiger partial charge in [0.2, 0.25) is 5.91 Å². The molecule has 98 valence electrons. The van der Waals surface area contributed by atoms with E-state index in [9.17, 15) is 4.79 Å². The van der Waals surface area contributed by atoms with Gasteiger partial charge in [-0.15, -0.1) is 0 Å². The highest BCUT2D eigenvalue weighted by Crippen LogP contribution is 2.18. The molecule has 1 heterocycles. The zero-order chi connectivity index (χ0) is 13.0. The van der Waals surface area contributed by atoms with Gasteiger partial charge in [-0.1, -0.05) is 25.1 Å². The molecule has 4 heteroatoms. The maximum absolute atomic E-state index is 12.0. The molecule has 1 aromatic carbocycles. The van der Waals surface area contributed by atoms with Gasteiger partial charge < -0.3 is 15.4 Å². The van der Waals surface area contributed by atoms with Gasteiger partial charge in [-0.05, 0) is 25.1 Å². The van der Waals surface area contributed by atoms with Crippen molar-refractivity contribution in [2.75, 3.05) is 20.2 Å². The molecule has 1 saturated heterocycles. The van der Waals surface area contributed by atoms with E-state index in [1.807, 2.05) is 31.2 Å². The lowest BCUT2D eigenvalue weighted by atomic mass is 9.88. The summed E-state index contributed by atoms with van der Waals surface area (Å²) in [5.41, 5.74) is 1.01. The van der Waals surface area contributed by atoms with Gasteiger partial charge >= 0.3 is 0 Å². The fourth-order valence-corrected chi connectivity index (χ4v) is 2.07. The van der Waals surface area contributed by atoms with Gasteiger partial charge in [-0.25, -0.2) is 0 Å². The van der Waals surface area contributed by atoms with Gasteiger partial charge in [0.05, 0.1) is 7.11 Å². The number of benzene rings is 1. The molecule has 2 rings (SSSR count). The molecule has 1 aliphatic rings. The normalized spacial score (nSPS) is 16.8. The largest absolute Gasteiger partial charge is 0.496 e. The van der Waals surface area contributed by atoms with E-state index in [1.54, 1.807) is 7.11 Å². The maximum atomic E-state index is 12.0. The molecule has 4 nitrogen and oxygen atoms in total. The van der Waals surface area contributed by atoms with Crippen molar-refractivity contribution in [3.63, 3.8) is 0 Å². The van der Waals surface area contributed by atoms with Gasteiger partial charge in [0.1, 0.15) is 5.75 Å². The third kappa shape index (κ3) is 2.82. The molecule has 1 atom stereocenters. The van der Waals surface area contributed by atoms with Crippen LogP contribution in [0.3, 0.4) is 0 Å². The Morgan fingerprint density at radius 3 is 2.83 bits per heavy atom. The summed E-state index contributed by atoms with van der Waals surface area (Å²) in [6, 6.07) is 7.74. The summed E-state index contributed by atoms with van der Waals surface area (Å²) in [4.78, 5) is 12.0. The number of carbonyl (C=O) groups excluding carboxylic acids is 1. The Kier molecular flexibility index (Phi) is 4.20. The zero-order valence-electron chi connectivity index (χ0n) is 10.9. The first-order valence-corrected chi connectivity index (χ1v) is 6.32. The highest BCUT2D eigenvalue weighted by atomic mass is 16.5.